The van der Waals surface area contributed by atoms with Crippen LogP contribution in [0.2, 0.25) is 0 Å². The highest BCUT2D eigenvalue weighted by Crippen LogP contribution is 2.28. The molecule has 2 nitrogen and oxygen atoms in total. The van der Waals surface area contributed by atoms with Crippen LogP contribution in [0.4, 0.5) is 0 Å². The van der Waals surface area contributed by atoms with Crippen molar-refractivity contribution in [1.29, 1.82) is 0 Å². The molecule has 1 atom stereocenters. The Balaban J connectivity index is 1.69. The van der Waals surface area contributed by atoms with Crippen LogP contribution in [0.15, 0.2) is 0 Å². The Morgan fingerprint density at radius 3 is 2.00 bits per heavy atom. The Kier molecular flexibility index (Phi) is 6.35. The van der Waals surface area contributed by atoms with Gasteiger partial charge in [0.15, 0.2) is 0 Å². The summed E-state index contributed by atoms with van der Waals surface area (Å²) in [5.41, 5.74) is 0. The Hall–Kier alpha value is -0.0800. The molecule has 0 aromatic heterocycles. The first-order chi connectivity index (χ1) is 9.60. The number of hydrogen-bond donors (Lipinski definition) is 0. The van der Waals surface area contributed by atoms with E-state index in [4.69, 9.17) is 0 Å². The fourth-order valence-corrected chi connectivity index (χ4v) is 4.20. The van der Waals surface area contributed by atoms with Gasteiger partial charge in [0.25, 0.3) is 0 Å². The minimum atomic E-state index is 0.807. The molecule has 2 heterocycles. The molecule has 2 rings (SSSR count). The molecule has 1 unspecified atom stereocenters. The van der Waals surface area contributed by atoms with Crippen molar-refractivity contribution in [2.45, 2.75) is 65.8 Å². The summed E-state index contributed by atoms with van der Waals surface area (Å²) >= 11 is 0. The molecule has 118 valence electrons. The van der Waals surface area contributed by atoms with Gasteiger partial charge in [0.2, 0.25) is 0 Å². The number of rotatable bonds is 5. The summed E-state index contributed by atoms with van der Waals surface area (Å²) in [6.07, 6.45) is 7.15. The third-order valence-electron chi connectivity index (χ3n) is 5.97. The van der Waals surface area contributed by atoms with Gasteiger partial charge in [0.05, 0.1) is 0 Å². The summed E-state index contributed by atoms with van der Waals surface area (Å²) in [6.45, 7) is 16.2. The molecule has 0 radical (unpaired) electrons. The van der Waals surface area contributed by atoms with E-state index in [1.54, 1.807) is 0 Å². The number of nitrogens with zero attached hydrogens (tertiary/aromatic N) is 2. The van der Waals surface area contributed by atoms with E-state index in [1.165, 1.54) is 64.8 Å². The molecule has 0 bridgehead atoms. The quantitative estimate of drug-likeness (QED) is 0.754. The van der Waals surface area contributed by atoms with E-state index >= 15 is 0 Å². The standard InChI is InChI=1S/C18H36N2/c1-5-19-10-6-17(7-11-19)14-16(4)20-12-8-18(9-13-20)15(2)3/h15-18H,5-14H2,1-4H3. The molecule has 2 fully saturated rings. The summed E-state index contributed by atoms with van der Waals surface area (Å²) in [4.78, 5) is 5.38. The second-order valence-electron chi connectivity index (χ2n) is 7.58. The lowest BCUT2D eigenvalue weighted by Crippen LogP contribution is -2.43. The molecule has 0 aliphatic carbocycles. The first-order valence-corrected chi connectivity index (χ1v) is 9.06. The van der Waals surface area contributed by atoms with Crippen molar-refractivity contribution < 1.29 is 0 Å². The summed E-state index contributed by atoms with van der Waals surface area (Å²) in [7, 11) is 0. The van der Waals surface area contributed by atoms with E-state index in [-0.39, 0.29) is 0 Å². The largest absolute Gasteiger partial charge is 0.304 e. The lowest BCUT2D eigenvalue weighted by molar-refractivity contribution is 0.0950. The average Bonchev–Trinajstić information content (AvgIpc) is 2.48. The van der Waals surface area contributed by atoms with E-state index in [2.05, 4.69) is 37.5 Å². The van der Waals surface area contributed by atoms with E-state index in [1.807, 2.05) is 0 Å². The number of piperidine rings is 2. The monoisotopic (exact) mass is 280 g/mol. The van der Waals surface area contributed by atoms with Gasteiger partial charge < -0.3 is 9.80 Å². The van der Waals surface area contributed by atoms with Crippen molar-refractivity contribution in [3.8, 4) is 0 Å². The Morgan fingerprint density at radius 1 is 0.900 bits per heavy atom. The van der Waals surface area contributed by atoms with Crippen LogP contribution < -0.4 is 0 Å². The van der Waals surface area contributed by atoms with Crippen LogP contribution in [0.25, 0.3) is 0 Å². The van der Waals surface area contributed by atoms with Crippen LogP contribution in [0, 0.1) is 17.8 Å². The third kappa shape index (κ3) is 4.46. The minimum Gasteiger partial charge on any atom is -0.304 e. The average molecular weight is 280 g/mol. The van der Waals surface area contributed by atoms with Crippen LogP contribution in [0.1, 0.15) is 59.8 Å². The maximum atomic E-state index is 2.77. The van der Waals surface area contributed by atoms with Gasteiger partial charge in [-0.3, -0.25) is 0 Å². The van der Waals surface area contributed by atoms with Gasteiger partial charge in [-0.05, 0) is 89.5 Å². The van der Waals surface area contributed by atoms with Crippen molar-refractivity contribution in [3.63, 3.8) is 0 Å². The van der Waals surface area contributed by atoms with Crippen LogP contribution in [-0.2, 0) is 0 Å². The van der Waals surface area contributed by atoms with Crippen molar-refractivity contribution in [1.82, 2.24) is 9.80 Å². The molecule has 0 amide bonds. The SMILES string of the molecule is CCN1CCC(CC(C)N2CCC(C(C)C)CC2)CC1. The highest BCUT2D eigenvalue weighted by molar-refractivity contribution is 4.81. The molecular formula is C18H36N2. The zero-order valence-electron chi connectivity index (χ0n) is 14.3. The molecular weight excluding hydrogens is 244 g/mol. The normalized spacial score (nSPS) is 26.2. The molecule has 0 saturated carbocycles. The number of likely N-dealkylation sites (tertiary alicyclic amines) is 2. The van der Waals surface area contributed by atoms with Gasteiger partial charge in [0.1, 0.15) is 0 Å². The molecule has 0 N–H and O–H groups in total. The number of hydrogen-bond acceptors (Lipinski definition) is 2. The summed E-state index contributed by atoms with van der Waals surface area (Å²) in [5.74, 6) is 2.84. The van der Waals surface area contributed by atoms with Crippen molar-refractivity contribution in [3.05, 3.63) is 0 Å². The van der Waals surface area contributed by atoms with E-state index in [9.17, 15) is 0 Å². The predicted octanol–water partition coefficient (Wildman–Crippen LogP) is 3.86. The first-order valence-electron chi connectivity index (χ1n) is 9.06. The molecule has 0 aromatic carbocycles. The molecule has 2 saturated heterocycles. The van der Waals surface area contributed by atoms with E-state index in [0.717, 1.165) is 23.8 Å². The van der Waals surface area contributed by atoms with E-state index < -0.39 is 0 Å². The third-order valence-corrected chi connectivity index (χ3v) is 5.97. The smallest absolute Gasteiger partial charge is 0.00695 e. The summed E-state index contributed by atoms with van der Waals surface area (Å²) in [5, 5.41) is 0. The molecule has 20 heavy (non-hydrogen) atoms. The zero-order valence-corrected chi connectivity index (χ0v) is 14.3. The van der Waals surface area contributed by atoms with Crippen LogP contribution in [0.5, 0.6) is 0 Å². The molecule has 2 aliphatic rings. The second kappa shape index (κ2) is 7.79. The topological polar surface area (TPSA) is 6.48 Å². The fraction of sp³-hybridized carbons (Fsp3) is 1.00. The van der Waals surface area contributed by atoms with Crippen molar-refractivity contribution in [2.24, 2.45) is 17.8 Å². The van der Waals surface area contributed by atoms with Crippen LogP contribution >= 0.6 is 0 Å². The highest BCUT2D eigenvalue weighted by Gasteiger charge is 2.27. The Labute approximate surface area is 126 Å². The van der Waals surface area contributed by atoms with Crippen LogP contribution in [0.3, 0.4) is 0 Å². The molecule has 2 aliphatic heterocycles. The minimum absolute atomic E-state index is 0.807. The Morgan fingerprint density at radius 2 is 1.50 bits per heavy atom. The fourth-order valence-electron chi connectivity index (χ4n) is 4.20. The van der Waals surface area contributed by atoms with Gasteiger partial charge in [0, 0.05) is 6.04 Å². The lowest BCUT2D eigenvalue weighted by Gasteiger charge is -2.40. The van der Waals surface area contributed by atoms with Crippen molar-refractivity contribution in [2.75, 3.05) is 32.7 Å². The van der Waals surface area contributed by atoms with Gasteiger partial charge in [-0.25, -0.2) is 0 Å². The maximum Gasteiger partial charge on any atom is 0.00695 e. The van der Waals surface area contributed by atoms with E-state index in [0.29, 0.717) is 0 Å². The second-order valence-corrected chi connectivity index (χ2v) is 7.58. The highest BCUT2D eigenvalue weighted by atomic mass is 15.2. The first kappa shape index (κ1) is 16.3. The molecule has 0 spiro atoms. The van der Waals surface area contributed by atoms with Crippen LogP contribution in [-0.4, -0.2) is 48.6 Å². The predicted molar refractivity (Wildman–Crippen MR) is 88.1 cm³/mol. The zero-order chi connectivity index (χ0) is 14.5. The van der Waals surface area contributed by atoms with Gasteiger partial charge in [-0.2, -0.15) is 0 Å². The van der Waals surface area contributed by atoms with Gasteiger partial charge in [-0.1, -0.05) is 20.8 Å². The summed E-state index contributed by atoms with van der Waals surface area (Å²) in [6, 6.07) is 0.807. The van der Waals surface area contributed by atoms with Crippen molar-refractivity contribution >= 4 is 0 Å². The Bertz CT molecular complexity index is 261. The maximum absolute atomic E-state index is 2.77. The van der Waals surface area contributed by atoms with Gasteiger partial charge in [-0.15, -0.1) is 0 Å². The van der Waals surface area contributed by atoms with Gasteiger partial charge >= 0.3 is 0 Å². The molecule has 2 heteroatoms. The lowest BCUT2D eigenvalue weighted by atomic mass is 9.85. The molecule has 0 aromatic rings. The summed E-state index contributed by atoms with van der Waals surface area (Å²) < 4.78 is 0.